The van der Waals surface area contributed by atoms with Crippen LogP contribution in [-0.4, -0.2) is 164 Å². The van der Waals surface area contributed by atoms with Crippen LogP contribution in [-0.2, 0) is 60.2 Å². The Hall–Kier alpha value is -2.86. The van der Waals surface area contributed by atoms with Crippen LogP contribution in [0.15, 0.2) is 24.8 Å². The van der Waals surface area contributed by atoms with Crippen LogP contribution in [0.25, 0.3) is 11.2 Å². The summed E-state index contributed by atoms with van der Waals surface area (Å²) in [6.45, 7) is 4.11. The first-order valence-electron chi connectivity index (χ1n) is 23.1. The number of thioether (sulfide) groups is 1. The Bertz CT molecular complexity index is 2260. The number of hydrogen-bond donors (Lipinski definition) is 11. The summed E-state index contributed by atoms with van der Waals surface area (Å²) in [5, 5.41) is 46.3. The summed E-state index contributed by atoms with van der Waals surface area (Å²) in [6, 6.07) is 0. The van der Waals surface area contributed by atoms with E-state index in [1.54, 1.807) is 6.92 Å². The van der Waals surface area contributed by atoms with E-state index in [0.29, 0.717) is 5.75 Å². The smallest absolute Gasteiger partial charge is 0.390 e. The summed E-state index contributed by atoms with van der Waals surface area (Å²) in [4.78, 5) is 88.4. The van der Waals surface area contributed by atoms with Gasteiger partial charge in [-0.05, 0) is 39.2 Å². The summed E-state index contributed by atoms with van der Waals surface area (Å²) in [5.74, 6) is -1.19. The largest absolute Gasteiger partial charge is 0.481 e. The van der Waals surface area contributed by atoms with Gasteiger partial charge in [-0.2, -0.15) is 4.31 Å². The predicted octanol–water partition coefficient (Wildman–Crippen LogP) is 1.60. The Balaban J connectivity index is 1.06. The lowest BCUT2D eigenvalue weighted by Gasteiger charge is -2.36. The van der Waals surface area contributed by atoms with Crippen LogP contribution in [0.5, 0.6) is 0 Å². The van der Waals surface area contributed by atoms with Crippen LogP contribution in [0.2, 0.25) is 0 Å². The van der Waals surface area contributed by atoms with Gasteiger partial charge >= 0.3 is 23.5 Å². The van der Waals surface area contributed by atoms with Crippen molar-refractivity contribution in [2.75, 3.05) is 37.8 Å². The fraction of sp³-hybridized carbons (Fsp3) is 0.750. The van der Waals surface area contributed by atoms with Crippen molar-refractivity contribution in [3.05, 3.63) is 24.8 Å². The van der Waals surface area contributed by atoms with Crippen molar-refractivity contribution in [3.63, 3.8) is 0 Å². The highest BCUT2D eigenvalue weighted by Gasteiger charge is 2.50. The molecule has 72 heavy (non-hydrogen) atoms. The van der Waals surface area contributed by atoms with Crippen molar-refractivity contribution in [1.82, 2.24) is 30.2 Å². The SMILES string of the molecule is C[C@H](CCCCCCCC/C=C/C(=O)SCCNC(=O)CCNC(=O)[C@H](O)C(C)(C)COP(=O)(O)OP(=O)(O)OC[C@H]1O[C@@H](n2cnc3c(N)ncnc32)[C@H](O)[C@@H]1OP(=O)(O)O)O[C@@H]1O[C@@H](C)[C@H](O)C[C@H]1O. The number of carbonyl (C=O) groups excluding carboxylic acids is 3. The number of nitrogens with one attached hydrogen (secondary N) is 2. The van der Waals surface area contributed by atoms with E-state index in [1.807, 2.05) is 13.0 Å². The highest BCUT2D eigenvalue weighted by Crippen LogP contribution is 2.61. The molecule has 2 saturated heterocycles. The number of amides is 2. The first kappa shape index (κ1) is 61.7. The molecule has 0 aromatic carbocycles. The van der Waals surface area contributed by atoms with E-state index in [0.717, 1.165) is 80.4 Å². The van der Waals surface area contributed by atoms with Gasteiger partial charge in [-0.3, -0.25) is 32.5 Å². The van der Waals surface area contributed by atoms with Crippen molar-refractivity contribution >= 4 is 69.1 Å². The lowest BCUT2D eigenvalue weighted by Crippen LogP contribution is -2.48. The molecule has 4 heterocycles. The number of aromatic nitrogens is 4. The van der Waals surface area contributed by atoms with Crippen LogP contribution in [0.3, 0.4) is 0 Å². The number of aliphatic hydroxyl groups excluding tert-OH is 4. The van der Waals surface area contributed by atoms with E-state index in [4.69, 9.17) is 29.0 Å². The van der Waals surface area contributed by atoms with Crippen molar-refractivity contribution in [2.45, 2.75) is 153 Å². The maximum Gasteiger partial charge on any atom is 0.481 e. The van der Waals surface area contributed by atoms with E-state index in [9.17, 15) is 68.1 Å². The first-order chi connectivity index (χ1) is 33.7. The normalized spacial score (nSPS) is 25.5. The van der Waals surface area contributed by atoms with Gasteiger partial charge in [0.15, 0.2) is 24.0 Å². The van der Waals surface area contributed by atoms with E-state index >= 15 is 0 Å². The Labute approximate surface area is 419 Å². The lowest BCUT2D eigenvalue weighted by molar-refractivity contribution is -0.273. The Kier molecular flexibility index (Phi) is 24.3. The second kappa shape index (κ2) is 28.3. The number of phosphoric ester groups is 3. The fourth-order valence-electron chi connectivity index (χ4n) is 7.27. The third-order valence-electron chi connectivity index (χ3n) is 11.3. The number of rotatable bonds is 31. The number of fused-ring (bicyclic) bond motifs is 1. The number of phosphoric acid groups is 3. The molecule has 0 radical (unpaired) electrons. The Morgan fingerprint density at radius 3 is 2.35 bits per heavy atom. The standard InChI is InChI=1S/C40H68N7O21P3S/c1-24(64-39-27(49)19-26(48)25(2)65-39)13-11-9-7-5-6-8-10-12-14-30(51)72-18-17-42-29(50)15-16-43-37(54)34(53)40(3,4)21-63-71(60,61)68-70(58,59)62-20-28-33(67-69(55,56)57)32(52)38(66-28)47-23-46-31-35(41)44-22-45-36(31)47/h12,14,22-28,32-34,38-39,48-49,52-53H,5-11,13,15-21H2,1-4H3,(H,42,50)(H,43,54)(H,58,59)(H,60,61)(H2,41,44,45)(H2,55,56,57)/b14-12+/t24-,25+,26-,27-,28-,32-,33-,34+,38-,39-/m1/s1. The van der Waals surface area contributed by atoms with Gasteiger partial charge in [0.1, 0.15) is 42.4 Å². The minimum Gasteiger partial charge on any atom is -0.390 e. The molecule has 410 valence electrons. The summed E-state index contributed by atoms with van der Waals surface area (Å²) < 4.78 is 73.8. The number of nitrogen functional groups attached to an aromatic ring is 1. The topological polar surface area (TPSA) is 423 Å². The summed E-state index contributed by atoms with van der Waals surface area (Å²) in [7, 11) is -16.5. The first-order valence-corrected chi connectivity index (χ1v) is 28.6. The molecule has 0 spiro atoms. The highest BCUT2D eigenvalue weighted by molar-refractivity contribution is 8.14. The quantitative estimate of drug-likeness (QED) is 0.0290. The molecular weight excluding hydrogens is 1040 g/mol. The monoisotopic (exact) mass is 1110 g/mol. The molecule has 12 atom stereocenters. The van der Waals surface area contributed by atoms with Crippen molar-refractivity contribution in [1.29, 1.82) is 0 Å². The van der Waals surface area contributed by atoms with Gasteiger partial charge < -0.3 is 70.6 Å². The molecular formula is C40H68N7O21P3S. The average molecular weight is 1110 g/mol. The molecule has 2 aliphatic rings. The van der Waals surface area contributed by atoms with Gasteiger partial charge in [-0.15, -0.1) is 0 Å². The molecule has 2 aromatic rings. The van der Waals surface area contributed by atoms with Gasteiger partial charge in [0.2, 0.25) is 16.9 Å². The molecule has 0 aliphatic carbocycles. The Morgan fingerprint density at radius 2 is 1.64 bits per heavy atom. The molecule has 2 aliphatic heterocycles. The van der Waals surface area contributed by atoms with Gasteiger partial charge in [0, 0.05) is 37.1 Å². The highest BCUT2D eigenvalue weighted by atomic mass is 32.2. The number of allylic oxidation sites excluding steroid dienone is 1. The summed E-state index contributed by atoms with van der Waals surface area (Å²) in [6.07, 6.45) is 1.56. The number of aliphatic hydroxyl groups is 4. The molecule has 0 saturated carbocycles. The molecule has 32 heteroatoms. The average Bonchev–Trinajstić information content (AvgIpc) is 3.85. The van der Waals surface area contributed by atoms with Crippen molar-refractivity contribution in [2.24, 2.45) is 5.41 Å². The van der Waals surface area contributed by atoms with Crippen LogP contribution >= 0.6 is 35.2 Å². The molecule has 2 amide bonds. The summed E-state index contributed by atoms with van der Waals surface area (Å²) >= 11 is 1.03. The van der Waals surface area contributed by atoms with E-state index in [-0.39, 0.29) is 60.2 Å². The molecule has 2 fully saturated rings. The van der Waals surface area contributed by atoms with Crippen LogP contribution in [0.1, 0.15) is 98.1 Å². The van der Waals surface area contributed by atoms with Crippen molar-refractivity contribution < 1.29 is 100 Å². The molecule has 4 rings (SSSR count). The van der Waals surface area contributed by atoms with E-state index in [1.165, 1.54) is 19.9 Å². The van der Waals surface area contributed by atoms with Gasteiger partial charge in [0.25, 0.3) is 0 Å². The third kappa shape index (κ3) is 20.3. The number of hydrogen-bond acceptors (Lipinski definition) is 22. The number of nitrogens with two attached hydrogens (primary N) is 1. The van der Waals surface area contributed by atoms with Crippen LogP contribution in [0, 0.1) is 5.41 Å². The lowest BCUT2D eigenvalue weighted by atomic mass is 9.87. The molecule has 2 aromatic heterocycles. The van der Waals surface area contributed by atoms with Gasteiger partial charge in [-0.1, -0.05) is 63.8 Å². The molecule has 2 unspecified atom stereocenters. The molecule has 0 bridgehead atoms. The van der Waals surface area contributed by atoms with Gasteiger partial charge in [0.05, 0.1) is 37.9 Å². The molecule has 12 N–H and O–H groups in total. The van der Waals surface area contributed by atoms with Crippen molar-refractivity contribution in [3.8, 4) is 0 Å². The van der Waals surface area contributed by atoms with Gasteiger partial charge in [-0.25, -0.2) is 28.6 Å². The maximum atomic E-state index is 12.8. The molecule has 28 nitrogen and oxygen atoms in total. The number of unbranched alkanes of at least 4 members (excludes halogenated alkanes) is 6. The minimum atomic E-state index is -5.59. The second-order valence-electron chi connectivity index (χ2n) is 17.9. The maximum absolute atomic E-state index is 12.8. The van der Waals surface area contributed by atoms with Crippen LogP contribution in [0.4, 0.5) is 5.82 Å². The number of imidazole rings is 1. The number of carbonyl (C=O) groups is 3. The zero-order valence-electron chi connectivity index (χ0n) is 40.2. The second-order valence-corrected chi connectivity index (χ2v) is 23.2. The number of nitrogens with zero attached hydrogens (tertiary/aromatic N) is 4. The fourth-order valence-corrected chi connectivity index (χ4v) is 10.7. The summed E-state index contributed by atoms with van der Waals surface area (Å²) in [5.41, 5.74) is 4.25. The third-order valence-corrected chi connectivity index (χ3v) is 15.2. The van der Waals surface area contributed by atoms with E-state index in [2.05, 4.69) is 34.4 Å². The minimum absolute atomic E-state index is 0.0247. The Morgan fingerprint density at radius 1 is 0.958 bits per heavy atom. The number of anilines is 1. The van der Waals surface area contributed by atoms with E-state index < -0.39 is 103 Å². The number of ether oxygens (including phenoxy) is 3. The van der Waals surface area contributed by atoms with Crippen LogP contribution < -0.4 is 16.4 Å². The predicted molar refractivity (Wildman–Crippen MR) is 255 cm³/mol. The zero-order chi connectivity index (χ0) is 53.4. The zero-order valence-corrected chi connectivity index (χ0v) is 43.7.